The lowest BCUT2D eigenvalue weighted by molar-refractivity contribution is 0.435. The lowest BCUT2D eigenvalue weighted by Crippen LogP contribution is -2.50. The maximum atomic E-state index is 13.9. The molecule has 7 heteroatoms. The fourth-order valence-electron chi connectivity index (χ4n) is 2.67. The average Bonchev–Trinajstić information content (AvgIpc) is 2.41. The van der Waals surface area contributed by atoms with Crippen molar-refractivity contribution in [3.63, 3.8) is 0 Å². The molecule has 0 amide bonds. The Bertz CT molecular complexity index is 580. The van der Waals surface area contributed by atoms with Crippen molar-refractivity contribution in [3.8, 4) is 0 Å². The Morgan fingerprint density at radius 3 is 2.85 bits per heavy atom. The van der Waals surface area contributed by atoms with Crippen molar-refractivity contribution in [1.82, 2.24) is 5.43 Å². The smallest absolute Gasteiger partial charge is 0.154 e. The van der Waals surface area contributed by atoms with Crippen molar-refractivity contribution in [2.45, 2.75) is 37.0 Å². The molecule has 1 aliphatic rings. The summed E-state index contributed by atoms with van der Waals surface area (Å²) in [5.41, 5.74) is 2.91. The number of rotatable bonds is 4. The molecule has 0 aromatic heterocycles. The average molecular weight is 321 g/mol. The first-order valence-electron chi connectivity index (χ1n) is 6.56. The van der Waals surface area contributed by atoms with Crippen LogP contribution in [0.1, 0.15) is 24.8 Å². The fraction of sp³-hybridized carbons (Fsp3) is 0.538. The van der Waals surface area contributed by atoms with E-state index in [0.717, 1.165) is 6.42 Å². The number of nitrogens with one attached hydrogen (secondary N) is 1. The van der Waals surface area contributed by atoms with Crippen LogP contribution < -0.4 is 11.3 Å². The molecule has 0 bridgehead atoms. The molecule has 2 atom stereocenters. The van der Waals surface area contributed by atoms with Crippen LogP contribution in [0, 0.1) is 5.82 Å². The molecule has 20 heavy (non-hydrogen) atoms. The molecule has 2 unspecified atom stereocenters. The number of hydrogen-bond acceptors (Lipinski definition) is 4. The summed E-state index contributed by atoms with van der Waals surface area (Å²) in [4.78, 5) is 0. The highest BCUT2D eigenvalue weighted by Crippen LogP contribution is 2.26. The minimum Gasteiger partial charge on any atom is -0.271 e. The highest BCUT2D eigenvalue weighted by atomic mass is 35.5. The van der Waals surface area contributed by atoms with Crippen LogP contribution in [-0.4, -0.2) is 25.5 Å². The van der Waals surface area contributed by atoms with Gasteiger partial charge in [-0.1, -0.05) is 30.2 Å². The molecule has 0 radical (unpaired) electrons. The standard InChI is InChI=1S/C13H18ClFN2O2S/c14-10-5-3-4-9(13(10)15)8-11(17-16)12-6-1-2-7-20(12,18)19/h3-5,11-12,17H,1-2,6-8,16H2. The monoisotopic (exact) mass is 320 g/mol. The van der Waals surface area contributed by atoms with E-state index in [2.05, 4.69) is 5.43 Å². The second-order valence-corrected chi connectivity index (χ2v) is 7.84. The van der Waals surface area contributed by atoms with E-state index in [1.54, 1.807) is 12.1 Å². The molecule has 4 nitrogen and oxygen atoms in total. The Morgan fingerprint density at radius 2 is 2.20 bits per heavy atom. The first-order valence-corrected chi connectivity index (χ1v) is 8.65. The van der Waals surface area contributed by atoms with Gasteiger partial charge < -0.3 is 0 Å². The van der Waals surface area contributed by atoms with Crippen molar-refractivity contribution in [2.24, 2.45) is 5.84 Å². The Hall–Kier alpha value is -0.690. The van der Waals surface area contributed by atoms with Gasteiger partial charge in [-0.05, 0) is 30.9 Å². The topological polar surface area (TPSA) is 72.2 Å². The summed E-state index contributed by atoms with van der Waals surface area (Å²) in [5, 5.41) is -0.538. The molecule has 0 spiro atoms. The van der Waals surface area contributed by atoms with Crippen LogP contribution in [0.5, 0.6) is 0 Å². The van der Waals surface area contributed by atoms with Crippen molar-refractivity contribution in [2.75, 3.05) is 5.75 Å². The van der Waals surface area contributed by atoms with Crippen molar-refractivity contribution in [3.05, 3.63) is 34.6 Å². The molecule has 3 N–H and O–H groups in total. The van der Waals surface area contributed by atoms with E-state index < -0.39 is 26.9 Å². The van der Waals surface area contributed by atoms with Crippen LogP contribution in [0.15, 0.2) is 18.2 Å². The van der Waals surface area contributed by atoms with Gasteiger partial charge in [-0.25, -0.2) is 12.8 Å². The van der Waals surface area contributed by atoms with E-state index in [-0.39, 0.29) is 17.2 Å². The quantitative estimate of drug-likeness (QED) is 0.655. The summed E-state index contributed by atoms with van der Waals surface area (Å²) in [6.07, 6.45) is 2.29. The van der Waals surface area contributed by atoms with E-state index in [4.69, 9.17) is 17.4 Å². The Labute approximate surface area is 123 Å². The number of nitrogens with two attached hydrogens (primary N) is 1. The maximum absolute atomic E-state index is 13.9. The number of halogens is 2. The van der Waals surface area contributed by atoms with Crippen molar-refractivity contribution < 1.29 is 12.8 Å². The van der Waals surface area contributed by atoms with Gasteiger partial charge in [-0.3, -0.25) is 11.3 Å². The van der Waals surface area contributed by atoms with Crippen molar-refractivity contribution >= 4 is 21.4 Å². The minimum absolute atomic E-state index is 0.0322. The van der Waals surface area contributed by atoms with Crippen LogP contribution in [0.2, 0.25) is 5.02 Å². The molecule has 1 fully saturated rings. The van der Waals surface area contributed by atoms with E-state index in [1.807, 2.05) is 0 Å². The van der Waals surface area contributed by atoms with Crippen LogP contribution in [-0.2, 0) is 16.3 Å². The van der Waals surface area contributed by atoms with Gasteiger partial charge in [0.05, 0.1) is 16.0 Å². The van der Waals surface area contributed by atoms with Crippen LogP contribution in [0.25, 0.3) is 0 Å². The predicted octanol–water partition coefficient (Wildman–Crippen LogP) is 1.82. The molecular weight excluding hydrogens is 303 g/mol. The zero-order valence-corrected chi connectivity index (χ0v) is 12.6. The second-order valence-electron chi connectivity index (χ2n) is 5.09. The largest absolute Gasteiger partial charge is 0.271 e. The van der Waals surface area contributed by atoms with Crippen LogP contribution >= 0.6 is 11.6 Å². The molecule has 0 aliphatic carbocycles. The van der Waals surface area contributed by atoms with E-state index in [1.165, 1.54) is 6.07 Å². The van der Waals surface area contributed by atoms with Gasteiger partial charge in [0.2, 0.25) is 0 Å². The first-order chi connectivity index (χ1) is 9.45. The minimum atomic E-state index is -3.18. The molecule has 1 heterocycles. The van der Waals surface area contributed by atoms with Gasteiger partial charge in [0.1, 0.15) is 5.82 Å². The molecule has 1 aliphatic heterocycles. The van der Waals surface area contributed by atoms with E-state index in [9.17, 15) is 12.8 Å². The number of hydrazine groups is 1. The molecular formula is C13H18ClFN2O2S. The van der Waals surface area contributed by atoms with Gasteiger partial charge >= 0.3 is 0 Å². The lowest BCUT2D eigenvalue weighted by Gasteiger charge is -2.29. The van der Waals surface area contributed by atoms with Gasteiger partial charge in [0.15, 0.2) is 9.84 Å². The Balaban J connectivity index is 2.22. The van der Waals surface area contributed by atoms with E-state index in [0.29, 0.717) is 18.4 Å². The number of hydrogen-bond donors (Lipinski definition) is 2. The van der Waals surface area contributed by atoms with Crippen LogP contribution in [0.3, 0.4) is 0 Å². The van der Waals surface area contributed by atoms with E-state index >= 15 is 0 Å². The molecule has 2 rings (SSSR count). The maximum Gasteiger partial charge on any atom is 0.154 e. The summed E-state index contributed by atoms with van der Waals surface area (Å²) in [6, 6.07) is 4.20. The third-order valence-corrected chi connectivity index (χ3v) is 6.40. The van der Waals surface area contributed by atoms with Crippen molar-refractivity contribution in [1.29, 1.82) is 0 Å². The summed E-state index contributed by atoms with van der Waals surface area (Å²) in [6.45, 7) is 0. The molecule has 112 valence electrons. The van der Waals surface area contributed by atoms with Gasteiger partial charge in [0, 0.05) is 6.04 Å². The molecule has 1 aromatic rings. The molecule has 1 saturated heterocycles. The second kappa shape index (κ2) is 6.39. The molecule has 1 aromatic carbocycles. The Morgan fingerprint density at radius 1 is 1.45 bits per heavy atom. The Kier molecular flexibility index (Phi) is 5.01. The van der Waals surface area contributed by atoms with Crippen LogP contribution in [0.4, 0.5) is 4.39 Å². The first kappa shape index (κ1) is 15.7. The normalized spacial score (nSPS) is 23.4. The third kappa shape index (κ3) is 3.31. The fourth-order valence-corrected chi connectivity index (χ4v) is 4.98. The predicted molar refractivity (Wildman–Crippen MR) is 77.7 cm³/mol. The molecule has 0 saturated carbocycles. The zero-order valence-electron chi connectivity index (χ0n) is 11.0. The SMILES string of the molecule is NNC(Cc1cccc(Cl)c1F)C1CCCCS1(=O)=O. The lowest BCUT2D eigenvalue weighted by atomic mass is 9.99. The van der Waals surface area contributed by atoms with Gasteiger partial charge in [-0.2, -0.15) is 0 Å². The summed E-state index contributed by atoms with van der Waals surface area (Å²) >= 11 is 5.74. The third-order valence-electron chi connectivity index (χ3n) is 3.76. The number of benzene rings is 1. The zero-order chi connectivity index (χ0) is 14.8. The van der Waals surface area contributed by atoms with Gasteiger partial charge in [0.25, 0.3) is 0 Å². The summed E-state index contributed by atoms with van der Waals surface area (Å²) < 4.78 is 38.1. The summed E-state index contributed by atoms with van der Waals surface area (Å²) in [7, 11) is -3.18. The van der Waals surface area contributed by atoms with Gasteiger partial charge in [-0.15, -0.1) is 0 Å². The highest BCUT2D eigenvalue weighted by Gasteiger charge is 2.35. The highest BCUT2D eigenvalue weighted by molar-refractivity contribution is 7.92. The number of sulfone groups is 1. The summed E-state index contributed by atoms with van der Waals surface area (Å²) in [5.74, 6) is 5.15.